The van der Waals surface area contributed by atoms with Gasteiger partial charge in [-0.1, -0.05) is 17.3 Å². The molecule has 3 rings (SSSR count). The summed E-state index contributed by atoms with van der Waals surface area (Å²) in [4.78, 5) is 19.0. The highest BCUT2D eigenvalue weighted by atomic mass is 32.2. The van der Waals surface area contributed by atoms with Gasteiger partial charge in [0.25, 0.3) is 5.91 Å². The molecule has 3 aromatic rings. The van der Waals surface area contributed by atoms with Crippen LogP contribution in [0.15, 0.2) is 52.1 Å². The SMILES string of the molecule is Cc1noc(C)c1CSc1ncccc1C(=O)N(C)Cc1ccc(C#N)cc1. The molecule has 0 aliphatic rings. The highest BCUT2D eigenvalue weighted by Crippen LogP contribution is 2.28. The van der Waals surface area contributed by atoms with Crippen molar-refractivity contribution < 1.29 is 9.32 Å². The lowest BCUT2D eigenvalue weighted by Gasteiger charge is -2.18. The van der Waals surface area contributed by atoms with E-state index in [9.17, 15) is 4.79 Å². The van der Waals surface area contributed by atoms with Crippen molar-refractivity contribution in [3.8, 4) is 6.07 Å². The summed E-state index contributed by atoms with van der Waals surface area (Å²) in [6, 6.07) is 12.9. The first kappa shape index (κ1) is 19.6. The number of nitriles is 1. The number of carbonyl (C=O) groups excluding carboxylic acids is 1. The second-order valence-electron chi connectivity index (χ2n) is 6.42. The Kier molecular flexibility index (Phi) is 6.12. The van der Waals surface area contributed by atoms with E-state index in [0.29, 0.717) is 28.5 Å². The maximum absolute atomic E-state index is 13.0. The van der Waals surface area contributed by atoms with E-state index >= 15 is 0 Å². The number of carbonyl (C=O) groups is 1. The number of pyridine rings is 1. The van der Waals surface area contributed by atoms with Crippen LogP contribution in [-0.4, -0.2) is 28.0 Å². The molecule has 142 valence electrons. The average molecular weight is 392 g/mol. The van der Waals surface area contributed by atoms with Crippen molar-refractivity contribution in [3.05, 3.63) is 76.3 Å². The third-order valence-electron chi connectivity index (χ3n) is 4.39. The largest absolute Gasteiger partial charge is 0.361 e. The van der Waals surface area contributed by atoms with Crippen molar-refractivity contribution in [1.29, 1.82) is 5.26 Å². The monoisotopic (exact) mass is 392 g/mol. The molecule has 0 saturated heterocycles. The van der Waals surface area contributed by atoms with Crippen molar-refractivity contribution in [1.82, 2.24) is 15.0 Å². The lowest BCUT2D eigenvalue weighted by atomic mass is 10.1. The number of aromatic nitrogens is 2. The standard InChI is InChI=1S/C21H20N4O2S/c1-14-19(15(2)27-24-14)13-28-20-18(5-4-10-23-20)21(26)25(3)12-17-8-6-16(11-22)7-9-17/h4-10H,12-13H2,1-3H3. The molecule has 0 radical (unpaired) electrons. The highest BCUT2D eigenvalue weighted by Gasteiger charge is 2.18. The van der Waals surface area contributed by atoms with E-state index in [1.165, 1.54) is 11.8 Å². The van der Waals surface area contributed by atoms with Crippen molar-refractivity contribution in [3.63, 3.8) is 0 Å². The molecule has 7 heteroatoms. The fraction of sp³-hybridized carbons (Fsp3) is 0.238. The maximum atomic E-state index is 13.0. The molecule has 1 aromatic carbocycles. The van der Waals surface area contributed by atoms with Crippen LogP contribution in [0, 0.1) is 25.2 Å². The van der Waals surface area contributed by atoms with Crippen molar-refractivity contribution >= 4 is 17.7 Å². The number of aryl methyl sites for hydroxylation is 2. The van der Waals surface area contributed by atoms with Gasteiger partial charge in [-0.2, -0.15) is 5.26 Å². The first-order valence-corrected chi connectivity index (χ1v) is 9.72. The topological polar surface area (TPSA) is 83.0 Å². The quantitative estimate of drug-likeness (QED) is 0.587. The van der Waals surface area contributed by atoms with Gasteiger partial charge < -0.3 is 9.42 Å². The lowest BCUT2D eigenvalue weighted by molar-refractivity contribution is 0.0781. The Morgan fingerprint density at radius 3 is 2.64 bits per heavy atom. The van der Waals surface area contributed by atoms with E-state index in [-0.39, 0.29) is 5.91 Å². The van der Waals surface area contributed by atoms with Gasteiger partial charge in [-0.3, -0.25) is 4.79 Å². The van der Waals surface area contributed by atoms with Crippen LogP contribution >= 0.6 is 11.8 Å². The summed E-state index contributed by atoms with van der Waals surface area (Å²) in [7, 11) is 1.76. The van der Waals surface area contributed by atoms with Crippen LogP contribution in [0.2, 0.25) is 0 Å². The van der Waals surface area contributed by atoms with Gasteiger partial charge in [-0.15, -0.1) is 11.8 Å². The molecule has 1 amide bonds. The minimum absolute atomic E-state index is 0.0984. The predicted molar refractivity (Wildman–Crippen MR) is 107 cm³/mol. The molecular weight excluding hydrogens is 372 g/mol. The Bertz CT molecular complexity index is 1000. The molecular formula is C21H20N4O2S. The molecule has 2 heterocycles. The van der Waals surface area contributed by atoms with Gasteiger partial charge in [0.05, 0.1) is 22.9 Å². The molecule has 0 saturated carbocycles. The van der Waals surface area contributed by atoms with Crippen LogP contribution < -0.4 is 0 Å². The second kappa shape index (κ2) is 8.72. The van der Waals surface area contributed by atoms with Gasteiger partial charge >= 0.3 is 0 Å². The van der Waals surface area contributed by atoms with Crippen molar-refractivity contribution in [2.24, 2.45) is 0 Å². The van der Waals surface area contributed by atoms with Crippen LogP contribution in [0.1, 0.15) is 38.5 Å². The summed E-state index contributed by atoms with van der Waals surface area (Å²) in [5, 5.41) is 13.5. The van der Waals surface area contributed by atoms with Crippen LogP contribution in [0.3, 0.4) is 0 Å². The van der Waals surface area contributed by atoms with Gasteiger partial charge in [-0.05, 0) is 43.7 Å². The summed E-state index contributed by atoms with van der Waals surface area (Å²) in [6.45, 7) is 4.24. The number of hydrogen-bond donors (Lipinski definition) is 0. The molecule has 28 heavy (non-hydrogen) atoms. The number of amides is 1. The fourth-order valence-electron chi connectivity index (χ4n) is 2.75. The van der Waals surface area contributed by atoms with Crippen molar-refractivity contribution in [2.45, 2.75) is 31.2 Å². The number of hydrogen-bond acceptors (Lipinski definition) is 6. The molecule has 2 aromatic heterocycles. The first-order chi connectivity index (χ1) is 13.5. The number of rotatable bonds is 6. The molecule has 0 N–H and O–H groups in total. The van der Waals surface area contributed by atoms with Crippen LogP contribution in [0.5, 0.6) is 0 Å². The Morgan fingerprint density at radius 1 is 1.25 bits per heavy atom. The maximum Gasteiger partial charge on any atom is 0.256 e. The summed E-state index contributed by atoms with van der Waals surface area (Å²) in [6.07, 6.45) is 1.69. The predicted octanol–water partition coefficient (Wildman–Crippen LogP) is 4.12. The van der Waals surface area contributed by atoms with E-state index in [1.54, 1.807) is 42.4 Å². The van der Waals surface area contributed by atoms with E-state index in [4.69, 9.17) is 9.78 Å². The van der Waals surface area contributed by atoms with Crippen LogP contribution in [0.4, 0.5) is 0 Å². The minimum Gasteiger partial charge on any atom is -0.361 e. The van der Waals surface area contributed by atoms with E-state index in [2.05, 4.69) is 16.2 Å². The van der Waals surface area contributed by atoms with E-state index < -0.39 is 0 Å². The van der Waals surface area contributed by atoms with Gasteiger partial charge in [-0.25, -0.2) is 4.98 Å². The van der Waals surface area contributed by atoms with Gasteiger partial charge in [0.1, 0.15) is 10.8 Å². The molecule has 0 unspecified atom stereocenters. The molecule has 6 nitrogen and oxygen atoms in total. The summed E-state index contributed by atoms with van der Waals surface area (Å²) in [5.74, 6) is 1.32. The van der Waals surface area contributed by atoms with Gasteiger partial charge in [0, 0.05) is 31.1 Å². The van der Waals surface area contributed by atoms with Gasteiger partial charge in [0.2, 0.25) is 0 Å². The fourth-order valence-corrected chi connectivity index (χ4v) is 3.89. The van der Waals surface area contributed by atoms with Crippen molar-refractivity contribution in [2.75, 3.05) is 7.05 Å². The molecule has 0 spiro atoms. The molecule has 0 fully saturated rings. The molecule has 0 aliphatic carbocycles. The smallest absolute Gasteiger partial charge is 0.256 e. The Balaban J connectivity index is 1.73. The number of benzene rings is 1. The van der Waals surface area contributed by atoms with Crippen LogP contribution in [0.25, 0.3) is 0 Å². The minimum atomic E-state index is -0.0984. The normalized spacial score (nSPS) is 10.5. The Morgan fingerprint density at radius 2 is 2.00 bits per heavy atom. The average Bonchev–Trinajstić information content (AvgIpc) is 3.04. The first-order valence-electron chi connectivity index (χ1n) is 8.73. The zero-order valence-electron chi connectivity index (χ0n) is 16.0. The summed E-state index contributed by atoms with van der Waals surface area (Å²) in [5.41, 5.74) is 4.01. The lowest BCUT2D eigenvalue weighted by Crippen LogP contribution is -2.26. The zero-order chi connectivity index (χ0) is 20.1. The molecule has 0 aliphatic heterocycles. The summed E-state index contributed by atoms with van der Waals surface area (Å²) >= 11 is 1.50. The molecule has 0 atom stereocenters. The second-order valence-corrected chi connectivity index (χ2v) is 7.38. The molecule has 0 bridgehead atoms. The van der Waals surface area contributed by atoms with E-state index in [0.717, 1.165) is 22.6 Å². The third kappa shape index (κ3) is 4.41. The number of nitrogens with zero attached hydrogens (tertiary/aromatic N) is 4. The van der Waals surface area contributed by atoms with E-state index in [1.807, 2.05) is 26.0 Å². The zero-order valence-corrected chi connectivity index (χ0v) is 16.8. The Labute approximate surface area is 168 Å². The third-order valence-corrected chi connectivity index (χ3v) is 5.42. The summed E-state index contributed by atoms with van der Waals surface area (Å²) < 4.78 is 5.20. The Hall–Kier alpha value is -3.11. The van der Waals surface area contributed by atoms with Crippen LogP contribution in [-0.2, 0) is 12.3 Å². The number of thioether (sulfide) groups is 1. The van der Waals surface area contributed by atoms with Gasteiger partial charge in [0.15, 0.2) is 0 Å². The highest BCUT2D eigenvalue weighted by molar-refractivity contribution is 7.98.